The van der Waals surface area contributed by atoms with Gasteiger partial charge in [-0.1, -0.05) is 65.8 Å². The Morgan fingerprint density at radius 3 is 2.48 bits per heavy atom. The highest BCUT2D eigenvalue weighted by Crippen LogP contribution is 2.46. The normalized spacial score (nSPS) is 29.6. The molecule has 6 nitrogen and oxygen atoms in total. The number of aliphatic hydroxyl groups excluding tert-OH is 1. The number of hydrogen-bond acceptors (Lipinski definition) is 5. The fourth-order valence-corrected chi connectivity index (χ4v) is 5.57. The zero-order valence-corrected chi connectivity index (χ0v) is 18.6. The highest BCUT2D eigenvalue weighted by Gasteiger charge is 2.44. The van der Waals surface area contributed by atoms with Crippen LogP contribution in [-0.4, -0.2) is 34.9 Å². The molecule has 2 aromatic carbocycles. The van der Waals surface area contributed by atoms with Crippen molar-refractivity contribution in [3.05, 3.63) is 89.8 Å². The van der Waals surface area contributed by atoms with Crippen LogP contribution in [0.3, 0.4) is 0 Å². The van der Waals surface area contributed by atoms with Gasteiger partial charge in [0.2, 0.25) is 5.76 Å². The molecule has 2 N–H and O–H groups in total. The Morgan fingerprint density at radius 1 is 1.03 bits per heavy atom. The molecule has 2 aliphatic rings. The largest absolute Gasteiger partial charge is 0.393 e. The molecule has 3 aromatic rings. The van der Waals surface area contributed by atoms with Crippen LogP contribution in [0, 0.1) is 5.92 Å². The van der Waals surface area contributed by atoms with E-state index in [0.29, 0.717) is 13.0 Å². The van der Waals surface area contributed by atoms with Crippen LogP contribution in [0.2, 0.25) is 0 Å². The molecule has 1 amide bonds. The summed E-state index contributed by atoms with van der Waals surface area (Å²) in [5.41, 5.74) is 2.09. The Morgan fingerprint density at radius 2 is 1.76 bits per heavy atom. The summed E-state index contributed by atoms with van der Waals surface area (Å²) in [6.45, 7) is 0.494. The van der Waals surface area contributed by atoms with E-state index in [1.807, 2.05) is 36.4 Å². The first-order chi connectivity index (χ1) is 16.1. The zero-order valence-electron chi connectivity index (χ0n) is 18.6. The Bertz CT molecular complexity index is 1040. The minimum Gasteiger partial charge on any atom is -0.393 e. The maximum Gasteiger partial charge on any atom is 0.289 e. The Balaban J connectivity index is 1.37. The van der Waals surface area contributed by atoms with Gasteiger partial charge in [-0.2, -0.15) is 0 Å². The lowest BCUT2D eigenvalue weighted by atomic mass is 9.73. The van der Waals surface area contributed by atoms with Gasteiger partial charge in [0.1, 0.15) is 0 Å². The second-order valence-corrected chi connectivity index (χ2v) is 9.32. The number of fused-ring (bicyclic) bond motifs is 1. The molecule has 1 saturated heterocycles. The number of carbonyl (C=O) groups is 1. The van der Waals surface area contributed by atoms with Crippen molar-refractivity contribution >= 4 is 5.91 Å². The first kappa shape index (κ1) is 21.9. The van der Waals surface area contributed by atoms with Gasteiger partial charge in [-0.15, -0.1) is 0 Å². The molecular weight excluding hydrogens is 416 g/mol. The van der Waals surface area contributed by atoms with Crippen molar-refractivity contribution in [1.82, 2.24) is 10.5 Å². The molecular formula is C27H30N2O4. The molecule has 5 atom stereocenters. The Hall–Kier alpha value is -2.96. The van der Waals surface area contributed by atoms with Crippen LogP contribution in [0.1, 0.15) is 59.9 Å². The number of hydrogen-bond donors (Lipinski definition) is 2. The van der Waals surface area contributed by atoms with Crippen molar-refractivity contribution < 1.29 is 19.2 Å². The number of rotatable bonds is 5. The maximum absolute atomic E-state index is 12.6. The molecule has 1 aliphatic carbocycles. The predicted octanol–water partition coefficient (Wildman–Crippen LogP) is 4.42. The number of carbonyl (C=O) groups excluding carboxylic acids is 1. The first-order valence-corrected chi connectivity index (χ1v) is 11.8. The van der Waals surface area contributed by atoms with Crippen LogP contribution in [0.5, 0.6) is 0 Å². The summed E-state index contributed by atoms with van der Waals surface area (Å²) in [6, 6.07) is 22.1. The SMILES string of the molecule is O=C(NC[C@]1(c2ccccc2)CC[C@H]2[C@H](CC1)O[C@H](c1ccccc1)C[C@@H]2O)c1ccno1. The molecule has 1 aromatic heterocycles. The Kier molecular flexibility index (Phi) is 6.29. The molecule has 0 bridgehead atoms. The number of benzene rings is 2. The molecule has 5 rings (SSSR count). The highest BCUT2D eigenvalue weighted by atomic mass is 16.5. The second-order valence-electron chi connectivity index (χ2n) is 9.32. The van der Waals surface area contributed by atoms with Crippen molar-refractivity contribution in [2.45, 2.75) is 55.8 Å². The van der Waals surface area contributed by atoms with Gasteiger partial charge in [0.15, 0.2) is 0 Å². The summed E-state index contributed by atoms with van der Waals surface area (Å²) in [6.07, 6.45) is 5.01. The number of amides is 1. The van der Waals surface area contributed by atoms with E-state index < -0.39 is 6.10 Å². The van der Waals surface area contributed by atoms with Crippen LogP contribution in [0.15, 0.2) is 77.4 Å². The zero-order chi connectivity index (χ0) is 22.7. The van der Waals surface area contributed by atoms with Crippen molar-refractivity contribution in [1.29, 1.82) is 0 Å². The van der Waals surface area contributed by atoms with Gasteiger partial charge in [-0.25, -0.2) is 0 Å². The monoisotopic (exact) mass is 446 g/mol. The number of nitrogens with zero attached hydrogens (tertiary/aromatic N) is 1. The number of nitrogens with one attached hydrogen (secondary N) is 1. The van der Waals surface area contributed by atoms with Crippen molar-refractivity contribution in [3.8, 4) is 0 Å². The number of aromatic nitrogens is 1. The molecule has 0 radical (unpaired) electrons. The average Bonchev–Trinajstić information content (AvgIpc) is 3.33. The number of aliphatic hydroxyl groups is 1. The summed E-state index contributed by atoms with van der Waals surface area (Å²) in [7, 11) is 0. The molecule has 2 heterocycles. The molecule has 172 valence electrons. The van der Waals surface area contributed by atoms with Crippen LogP contribution in [-0.2, 0) is 10.2 Å². The van der Waals surface area contributed by atoms with E-state index in [-0.39, 0.29) is 35.2 Å². The molecule has 1 aliphatic heterocycles. The summed E-state index contributed by atoms with van der Waals surface area (Å²) >= 11 is 0. The van der Waals surface area contributed by atoms with Gasteiger partial charge in [0, 0.05) is 30.4 Å². The third kappa shape index (κ3) is 4.59. The fourth-order valence-electron chi connectivity index (χ4n) is 5.57. The van der Waals surface area contributed by atoms with Crippen LogP contribution in [0.4, 0.5) is 0 Å². The van der Waals surface area contributed by atoms with Crippen LogP contribution >= 0.6 is 0 Å². The van der Waals surface area contributed by atoms with Gasteiger partial charge in [0.25, 0.3) is 5.91 Å². The van der Waals surface area contributed by atoms with Gasteiger partial charge in [-0.3, -0.25) is 4.79 Å². The smallest absolute Gasteiger partial charge is 0.289 e. The van der Waals surface area contributed by atoms with E-state index in [4.69, 9.17) is 9.26 Å². The van der Waals surface area contributed by atoms with Gasteiger partial charge >= 0.3 is 0 Å². The second kappa shape index (κ2) is 9.49. The first-order valence-electron chi connectivity index (χ1n) is 11.8. The molecule has 33 heavy (non-hydrogen) atoms. The van der Waals surface area contributed by atoms with Crippen LogP contribution < -0.4 is 5.32 Å². The van der Waals surface area contributed by atoms with E-state index in [1.165, 1.54) is 11.8 Å². The quantitative estimate of drug-likeness (QED) is 0.606. The third-order valence-corrected chi connectivity index (χ3v) is 7.44. The minimum atomic E-state index is -0.399. The average molecular weight is 447 g/mol. The lowest BCUT2D eigenvalue weighted by Crippen LogP contribution is -2.40. The fraction of sp³-hybridized carbons (Fsp3) is 0.407. The van der Waals surface area contributed by atoms with Gasteiger partial charge < -0.3 is 19.7 Å². The highest BCUT2D eigenvalue weighted by molar-refractivity contribution is 5.91. The molecule has 0 spiro atoms. The third-order valence-electron chi connectivity index (χ3n) is 7.44. The lowest BCUT2D eigenvalue weighted by molar-refractivity contribution is -0.139. The van der Waals surface area contributed by atoms with E-state index in [1.54, 1.807) is 6.07 Å². The molecule has 6 heteroatoms. The standard InChI is InChI=1S/C27H30N2O4/c30-22-17-25(19-7-3-1-4-8-19)32-23-12-15-27(14-11-21(22)23,20-9-5-2-6-10-20)18-28-26(31)24-13-16-29-33-24/h1-10,13,16,21-23,25,30H,11-12,14-15,17-18H2,(H,28,31)/t21-,22+,23+,25+,27+/m1/s1. The van der Waals surface area contributed by atoms with Crippen LogP contribution in [0.25, 0.3) is 0 Å². The summed E-state index contributed by atoms with van der Waals surface area (Å²) < 4.78 is 11.6. The maximum atomic E-state index is 12.6. The molecule has 2 fully saturated rings. The Labute approximate surface area is 193 Å². The summed E-state index contributed by atoms with van der Waals surface area (Å²) in [5, 5.41) is 17.8. The molecule has 0 unspecified atom stereocenters. The minimum absolute atomic E-state index is 0.00508. The predicted molar refractivity (Wildman–Crippen MR) is 124 cm³/mol. The summed E-state index contributed by atoms with van der Waals surface area (Å²) in [4.78, 5) is 12.6. The topological polar surface area (TPSA) is 84.6 Å². The summed E-state index contributed by atoms with van der Waals surface area (Å²) in [5.74, 6) is 0.0513. The molecule has 1 saturated carbocycles. The van der Waals surface area contributed by atoms with Gasteiger partial charge in [-0.05, 0) is 36.8 Å². The van der Waals surface area contributed by atoms with Gasteiger partial charge in [0.05, 0.1) is 24.5 Å². The van der Waals surface area contributed by atoms with E-state index in [2.05, 4.69) is 34.7 Å². The van der Waals surface area contributed by atoms with Crippen molar-refractivity contribution in [2.24, 2.45) is 5.92 Å². The van der Waals surface area contributed by atoms with Crippen molar-refractivity contribution in [3.63, 3.8) is 0 Å². The van der Waals surface area contributed by atoms with E-state index in [0.717, 1.165) is 31.2 Å². The van der Waals surface area contributed by atoms with E-state index in [9.17, 15) is 9.90 Å². The van der Waals surface area contributed by atoms with E-state index >= 15 is 0 Å². The lowest BCUT2D eigenvalue weighted by Gasteiger charge is -2.39. The number of ether oxygens (including phenoxy) is 1. The van der Waals surface area contributed by atoms with Crippen molar-refractivity contribution in [2.75, 3.05) is 6.54 Å².